The van der Waals surface area contributed by atoms with Crippen molar-refractivity contribution in [3.63, 3.8) is 0 Å². The average molecular weight is 365 g/mol. The van der Waals surface area contributed by atoms with E-state index in [0.717, 1.165) is 0 Å². The highest BCUT2D eigenvalue weighted by Crippen LogP contribution is 2.24. The lowest BCUT2D eigenvalue weighted by molar-refractivity contribution is -0.384. The molecule has 0 aliphatic carbocycles. The molecule has 3 aromatic rings. The summed E-state index contributed by atoms with van der Waals surface area (Å²) in [6.07, 6.45) is -0.0274. The van der Waals surface area contributed by atoms with Crippen molar-refractivity contribution in [1.82, 2.24) is 5.43 Å². The van der Waals surface area contributed by atoms with Gasteiger partial charge < -0.3 is 9.52 Å². The van der Waals surface area contributed by atoms with E-state index in [-0.39, 0.29) is 5.69 Å². The largest absolute Gasteiger partial charge is 0.455 e. The van der Waals surface area contributed by atoms with E-state index in [9.17, 15) is 20.0 Å². The number of non-ortho nitro benzene ring substituents is 1. The third-order valence-electron chi connectivity index (χ3n) is 3.72. The molecule has 1 unspecified atom stereocenters. The van der Waals surface area contributed by atoms with Crippen molar-refractivity contribution in [2.24, 2.45) is 5.10 Å². The average Bonchev–Trinajstić information content (AvgIpc) is 3.17. The fourth-order valence-corrected chi connectivity index (χ4v) is 2.33. The Hall–Kier alpha value is -3.78. The Balaban J connectivity index is 1.62. The van der Waals surface area contributed by atoms with E-state index in [4.69, 9.17) is 4.42 Å². The number of hydrogen-bond acceptors (Lipinski definition) is 6. The SMILES string of the molecule is O=C(NN=Cc1ccc(-c2ccc([N+](=O)[O-])cc2)o1)C(O)c1ccccc1. The molecule has 0 fully saturated rings. The zero-order valence-corrected chi connectivity index (χ0v) is 14.0. The minimum atomic E-state index is -1.32. The number of carbonyl (C=O) groups excluding carboxylic acids is 1. The molecule has 2 aromatic carbocycles. The van der Waals surface area contributed by atoms with E-state index in [2.05, 4.69) is 10.5 Å². The molecule has 1 aromatic heterocycles. The second kappa shape index (κ2) is 8.07. The van der Waals surface area contributed by atoms with Gasteiger partial charge in [-0.25, -0.2) is 5.43 Å². The maximum Gasteiger partial charge on any atom is 0.273 e. The molecular weight excluding hydrogens is 350 g/mol. The summed E-state index contributed by atoms with van der Waals surface area (Å²) in [5.74, 6) is 0.208. The predicted molar refractivity (Wildman–Crippen MR) is 97.9 cm³/mol. The van der Waals surface area contributed by atoms with Crippen LogP contribution in [0, 0.1) is 10.1 Å². The van der Waals surface area contributed by atoms with Crippen LogP contribution in [0.5, 0.6) is 0 Å². The summed E-state index contributed by atoms with van der Waals surface area (Å²) in [6, 6.07) is 17.7. The van der Waals surface area contributed by atoms with Gasteiger partial charge in [-0.1, -0.05) is 30.3 Å². The van der Waals surface area contributed by atoms with Gasteiger partial charge >= 0.3 is 0 Å². The molecule has 136 valence electrons. The molecule has 1 amide bonds. The number of benzene rings is 2. The summed E-state index contributed by atoms with van der Waals surface area (Å²) < 4.78 is 5.56. The van der Waals surface area contributed by atoms with E-state index < -0.39 is 16.9 Å². The summed E-state index contributed by atoms with van der Waals surface area (Å²) >= 11 is 0. The van der Waals surface area contributed by atoms with Gasteiger partial charge in [0.05, 0.1) is 11.1 Å². The zero-order valence-electron chi connectivity index (χ0n) is 14.0. The molecule has 27 heavy (non-hydrogen) atoms. The number of rotatable bonds is 6. The zero-order chi connectivity index (χ0) is 19.2. The van der Waals surface area contributed by atoms with E-state index in [1.165, 1.54) is 18.3 Å². The van der Waals surface area contributed by atoms with E-state index >= 15 is 0 Å². The molecule has 0 aliphatic heterocycles. The highest BCUT2D eigenvalue weighted by molar-refractivity contribution is 5.84. The molecule has 3 rings (SSSR count). The lowest BCUT2D eigenvalue weighted by Gasteiger charge is -2.08. The van der Waals surface area contributed by atoms with Gasteiger partial charge in [0, 0.05) is 17.7 Å². The van der Waals surface area contributed by atoms with Crippen molar-refractivity contribution in [2.75, 3.05) is 0 Å². The Morgan fingerprint density at radius 1 is 1.11 bits per heavy atom. The van der Waals surface area contributed by atoms with Crippen LogP contribution in [0.3, 0.4) is 0 Å². The Bertz CT molecular complexity index is 965. The fourth-order valence-electron chi connectivity index (χ4n) is 2.33. The summed E-state index contributed by atoms with van der Waals surface area (Å²) in [5.41, 5.74) is 3.37. The van der Waals surface area contributed by atoms with Crippen molar-refractivity contribution in [3.05, 3.63) is 88.2 Å². The number of nitrogens with zero attached hydrogens (tertiary/aromatic N) is 2. The number of nitro groups is 1. The Labute approximate surface area is 153 Å². The summed E-state index contributed by atoms with van der Waals surface area (Å²) in [6.45, 7) is 0. The normalized spacial score (nSPS) is 12.0. The second-order valence-electron chi connectivity index (χ2n) is 5.55. The van der Waals surface area contributed by atoms with E-state index in [1.807, 2.05) is 0 Å². The minimum Gasteiger partial charge on any atom is -0.455 e. The van der Waals surface area contributed by atoms with Gasteiger partial charge in [-0.3, -0.25) is 14.9 Å². The van der Waals surface area contributed by atoms with E-state index in [1.54, 1.807) is 54.6 Å². The number of nitrogens with one attached hydrogen (secondary N) is 1. The van der Waals surface area contributed by atoms with Gasteiger partial charge in [0.2, 0.25) is 0 Å². The molecule has 0 spiro atoms. The van der Waals surface area contributed by atoms with Crippen LogP contribution >= 0.6 is 0 Å². The van der Waals surface area contributed by atoms with Crippen molar-refractivity contribution in [1.29, 1.82) is 0 Å². The van der Waals surface area contributed by atoms with Crippen molar-refractivity contribution in [2.45, 2.75) is 6.10 Å². The lowest BCUT2D eigenvalue weighted by Crippen LogP contribution is -2.25. The van der Waals surface area contributed by atoms with Gasteiger partial charge in [-0.05, 0) is 29.8 Å². The minimum absolute atomic E-state index is 0.00761. The molecule has 8 heteroatoms. The van der Waals surface area contributed by atoms with E-state index in [0.29, 0.717) is 22.6 Å². The molecule has 0 saturated heterocycles. The number of aliphatic hydroxyl groups excluding tert-OH is 1. The maximum atomic E-state index is 11.9. The number of furan rings is 1. The number of aliphatic hydroxyl groups is 1. The Kier molecular flexibility index (Phi) is 5.38. The third-order valence-corrected chi connectivity index (χ3v) is 3.72. The van der Waals surface area contributed by atoms with Crippen molar-refractivity contribution >= 4 is 17.8 Å². The monoisotopic (exact) mass is 365 g/mol. The number of hydrogen-bond donors (Lipinski definition) is 2. The highest BCUT2D eigenvalue weighted by atomic mass is 16.6. The fraction of sp³-hybridized carbons (Fsp3) is 0.0526. The lowest BCUT2D eigenvalue weighted by atomic mass is 10.1. The highest BCUT2D eigenvalue weighted by Gasteiger charge is 2.16. The number of hydrazone groups is 1. The molecule has 0 saturated carbocycles. The van der Waals surface area contributed by atoms with Crippen LogP contribution < -0.4 is 5.43 Å². The molecular formula is C19H15N3O5. The van der Waals surface area contributed by atoms with Gasteiger partial charge in [0.15, 0.2) is 6.10 Å². The van der Waals surface area contributed by atoms with Gasteiger partial charge in [0.25, 0.3) is 11.6 Å². The van der Waals surface area contributed by atoms with Crippen LogP contribution in [0.25, 0.3) is 11.3 Å². The summed E-state index contributed by atoms with van der Waals surface area (Å²) in [5, 5.41) is 24.4. The molecule has 0 bridgehead atoms. The predicted octanol–water partition coefficient (Wildman–Crippen LogP) is 3.04. The third kappa shape index (κ3) is 4.44. The first-order valence-corrected chi connectivity index (χ1v) is 7.95. The van der Waals surface area contributed by atoms with Crippen LogP contribution in [0.4, 0.5) is 5.69 Å². The van der Waals surface area contributed by atoms with Gasteiger partial charge in [-0.15, -0.1) is 0 Å². The Morgan fingerprint density at radius 2 is 1.81 bits per heavy atom. The maximum absolute atomic E-state index is 11.9. The van der Waals surface area contributed by atoms with Crippen molar-refractivity contribution < 1.29 is 19.2 Å². The quantitative estimate of drug-likeness (QED) is 0.395. The summed E-state index contributed by atoms with van der Waals surface area (Å²) in [7, 11) is 0. The van der Waals surface area contributed by atoms with Crippen LogP contribution in [0.15, 0.2) is 76.2 Å². The first kappa shape index (κ1) is 18.0. The first-order chi connectivity index (χ1) is 13.0. The second-order valence-corrected chi connectivity index (χ2v) is 5.55. The first-order valence-electron chi connectivity index (χ1n) is 7.95. The van der Waals surface area contributed by atoms with Crippen LogP contribution in [-0.2, 0) is 4.79 Å². The molecule has 0 radical (unpaired) electrons. The molecule has 2 N–H and O–H groups in total. The Morgan fingerprint density at radius 3 is 2.48 bits per heavy atom. The smallest absolute Gasteiger partial charge is 0.273 e. The number of nitro benzene ring substituents is 1. The van der Waals surface area contributed by atoms with Gasteiger partial charge in [0.1, 0.15) is 11.5 Å². The standard InChI is InChI=1S/C19H15N3O5/c23-18(14-4-2-1-3-5-14)19(24)21-20-12-16-10-11-17(27-16)13-6-8-15(9-7-13)22(25)26/h1-12,18,23H,(H,21,24). The molecule has 0 aliphatic rings. The van der Waals surface area contributed by atoms with Crippen LogP contribution in [0.1, 0.15) is 17.4 Å². The number of carbonyl (C=O) groups is 1. The van der Waals surface area contributed by atoms with Crippen LogP contribution in [0.2, 0.25) is 0 Å². The number of amides is 1. The molecule has 1 heterocycles. The topological polar surface area (TPSA) is 118 Å². The molecule has 8 nitrogen and oxygen atoms in total. The van der Waals surface area contributed by atoms with Crippen LogP contribution in [-0.4, -0.2) is 22.2 Å². The summed E-state index contributed by atoms with van der Waals surface area (Å²) in [4.78, 5) is 22.1. The van der Waals surface area contributed by atoms with Crippen molar-refractivity contribution in [3.8, 4) is 11.3 Å². The van der Waals surface area contributed by atoms with Gasteiger partial charge in [-0.2, -0.15) is 5.10 Å². The molecule has 1 atom stereocenters.